The molecule has 0 aliphatic heterocycles. The third-order valence-electron chi connectivity index (χ3n) is 2.15. The maximum Gasteiger partial charge on any atom is 0.252 e. The first-order valence-corrected chi connectivity index (χ1v) is 5.67. The van der Waals surface area contributed by atoms with E-state index in [-0.39, 0.29) is 5.91 Å². The van der Waals surface area contributed by atoms with Gasteiger partial charge in [0, 0.05) is 18.0 Å². The van der Waals surface area contributed by atoms with Crippen LogP contribution in [0.2, 0.25) is 5.02 Å². The highest BCUT2D eigenvalue weighted by molar-refractivity contribution is 6.33. The minimum absolute atomic E-state index is 0.181. The normalized spacial score (nSPS) is 9.47. The Morgan fingerprint density at radius 1 is 1.41 bits per heavy atom. The van der Waals surface area contributed by atoms with Crippen LogP contribution in [-0.4, -0.2) is 19.0 Å². The highest BCUT2D eigenvalue weighted by Crippen LogP contribution is 2.14. The Balaban J connectivity index is 2.31. The molecule has 1 N–H and O–H groups in total. The first-order valence-electron chi connectivity index (χ1n) is 5.29. The lowest BCUT2D eigenvalue weighted by Gasteiger charge is -2.05. The Hall–Kier alpha value is -1.71. The number of unbranched alkanes of at least 4 members (excludes halogenated alkanes) is 1. The second-order valence-corrected chi connectivity index (χ2v) is 3.80. The van der Waals surface area contributed by atoms with E-state index in [9.17, 15) is 4.79 Å². The van der Waals surface area contributed by atoms with Crippen LogP contribution in [0.1, 0.15) is 23.2 Å². The molecule has 1 rings (SSSR count). The number of azide groups is 1. The zero-order chi connectivity index (χ0) is 12.5. The summed E-state index contributed by atoms with van der Waals surface area (Å²) in [5.41, 5.74) is 8.54. The van der Waals surface area contributed by atoms with Gasteiger partial charge in [0.1, 0.15) is 0 Å². The highest BCUT2D eigenvalue weighted by atomic mass is 35.5. The Morgan fingerprint density at radius 3 is 2.88 bits per heavy atom. The van der Waals surface area contributed by atoms with Crippen molar-refractivity contribution >= 4 is 17.5 Å². The van der Waals surface area contributed by atoms with Crippen molar-refractivity contribution in [1.29, 1.82) is 0 Å². The predicted molar refractivity (Wildman–Crippen MR) is 67.0 cm³/mol. The molecule has 0 fully saturated rings. The van der Waals surface area contributed by atoms with Crippen LogP contribution in [0.25, 0.3) is 10.4 Å². The number of carbonyl (C=O) groups is 1. The van der Waals surface area contributed by atoms with Crippen molar-refractivity contribution in [2.45, 2.75) is 12.8 Å². The van der Waals surface area contributed by atoms with E-state index in [2.05, 4.69) is 15.3 Å². The number of halogens is 1. The first kappa shape index (κ1) is 13.4. The maximum absolute atomic E-state index is 11.7. The van der Waals surface area contributed by atoms with Crippen molar-refractivity contribution in [1.82, 2.24) is 5.32 Å². The third-order valence-corrected chi connectivity index (χ3v) is 2.48. The smallest absolute Gasteiger partial charge is 0.252 e. The lowest BCUT2D eigenvalue weighted by molar-refractivity contribution is 0.0953. The molecule has 90 valence electrons. The van der Waals surface area contributed by atoms with Crippen molar-refractivity contribution in [2.24, 2.45) is 5.11 Å². The molecule has 1 amide bonds. The molecule has 0 atom stereocenters. The molecule has 1 aromatic rings. The van der Waals surface area contributed by atoms with Gasteiger partial charge in [0.25, 0.3) is 5.91 Å². The van der Waals surface area contributed by atoms with Gasteiger partial charge in [-0.05, 0) is 30.5 Å². The zero-order valence-electron chi connectivity index (χ0n) is 9.27. The van der Waals surface area contributed by atoms with Crippen molar-refractivity contribution in [3.05, 3.63) is 45.3 Å². The quantitative estimate of drug-likeness (QED) is 0.359. The number of rotatable bonds is 6. The fourth-order valence-corrected chi connectivity index (χ4v) is 1.52. The van der Waals surface area contributed by atoms with Gasteiger partial charge in [-0.3, -0.25) is 4.79 Å². The van der Waals surface area contributed by atoms with Crippen molar-refractivity contribution in [3.63, 3.8) is 0 Å². The van der Waals surface area contributed by atoms with E-state index in [4.69, 9.17) is 17.1 Å². The summed E-state index contributed by atoms with van der Waals surface area (Å²) in [5.74, 6) is -0.181. The molecule has 1 aromatic carbocycles. The van der Waals surface area contributed by atoms with Crippen LogP contribution in [0, 0.1) is 0 Å². The molecule has 0 saturated heterocycles. The summed E-state index contributed by atoms with van der Waals surface area (Å²) in [6.45, 7) is 1.00. The number of amides is 1. The summed E-state index contributed by atoms with van der Waals surface area (Å²) in [6.07, 6.45) is 1.53. The standard InChI is InChI=1S/C11H13ClN4O/c12-10-6-2-1-5-9(10)11(17)14-7-3-4-8-15-16-13/h1-2,5-6H,3-4,7-8H2,(H,14,17). The van der Waals surface area contributed by atoms with Crippen LogP contribution in [0.5, 0.6) is 0 Å². The summed E-state index contributed by atoms with van der Waals surface area (Å²) in [5, 5.41) is 6.61. The van der Waals surface area contributed by atoms with E-state index in [0.29, 0.717) is 23.7 Å². The molecule has 6 heteroatoms. The average Bonchev–Trinajstić information content (AvgIpc) is 2.34. The maximum atomic E-state index is 11.7. The van der Waals surface area contributed by atoms with Crippen LogP contribution in [0.4, 0.5) is 0 Å². The van der Waals surface area contributed by atoms with Crippen LogP contribution in [0.3, 0.4) is 0 Å². The SMILES string of the molecule is [N-]=[N+]=NCCCCNC(=O)c1ccccc1Cl. The Morgan fingerprint density at radius 2 is 2.18 bits per heavy atom. The molecule has 0 saturated carbocycles. The molecule has 0 spiro atoms. The minimum Gasteiger partial charge on any atom is -0.352 e. The average molecular weight is 253 g/mol. The summed E-state index contributed by atoms with van der Waals surface area (Å²) in [7, 11) is 0. The van der Waals surface area contributed by atoms with Gasteiger partial charge in [-0.25, -0.2) is 0 Å². The Labute approximate surface area is 104 Å². The Kier molecular flexibility index (Phi) is 5.93. The van der Waals surface area contributed by atoms with Gasteiger partial charge in [0.15, 0.2) is 0 Å². The second-order valence-electron chi connectivity index (χ2n) is 3.40. The zero-order valence-corrected chi connectivity index (χ0v) is 10.0. The summed E-state index contributed by atoms with van der Waals surface area (Å²) in [4.78, 5) is 14.3. The fraction of sp³-hybridized carbons (Fsp3) is 0.364. The van der Waals surface area contributed by atoms with Crippen LogP contribution < -0.4 is 5.32 Å². The summed E-state index contributed by atoms with van der Waals surface area (Å²) >= 11 is 5.88. The van der Waals surface area contributed by atoms with E-state index in [1.165, 1.54) is 0 Å². The second kappa shape index (κ2) is 7.54. The number of hydrogen-bond donors (Lipinski definition) is 1. The number of nitrogens with one attached hydrogen (secondary N) is 1. The van der Waals surface area contributed by atoms with E-state index >= 15 is 0 Å². The summed E-state index contributed by atoms with van der Waals surface area (Å²) in [6, 6.07) is 6.90. The van der Waals surface area contributed by atoms with Crippen molar-refractivity contribution in [3.8, 4) is 0 Å². The van der Waals surface area contributed by atoms with Gasteiger partial charge in [-0.15, -0.1) is 0 Å². The number of hydrogen-bond acceptors (Lipinski definition) is 2. The molecular formula is C11H13ClN4O. The molecule has 17 heavy (non-hydrogen) atoms. The van der Waals surface area contributed by atoms with Crippen LogP contribution in [0.15, 0.2) is 29.4 Å². The lowest BCUT2D eigenvalue weighted by atomic mass is 10.2. The molecule has 0 bridgehead atoms. The van der Waals surface area contributed by atoms with E-state index in [1.807, 2.05) is 0 Å². The van der Waals surface area contributed by atoms with E-state index in [1.54, 1.807) is 24.3 Å². The number of carbonyl (C=O) groups excluding carboxylic acids is 1. The van der Waals surface area contributed by atoms with E-state index in [0.717, 1.165) is 12.8 Å². The van der Waals surface area contributed by atoms with Crippen LogP contribution in [-0.2, 0) is 0 Å². The van der Waals surface area contributed by atoms with Gasteiger partial charge < -0.3 is 5.32 Å². The molecular weight excluding hydrogens is 240 g/mol. The van der Waals surface area contributed by atoms with Gasteiger partial charge in [0.05, 0.1) is 10.6 Å². The molecule has 0 radical (unpaired) electrons. The largest absolute Gasteiger partial charge is 0.352 e. The monoisotopic (exact) mass is 252 g/mol. The van der Waals surface area contributed by atoms with Crippen molar-refractivity contribution in [2.75, 3.05) is 13.1 Å². The first-order chi connectivity index (χ1) is 8.25. The fourth-order valence-electron chi connectivity index (χ4n) is 1.29. The summed E-state index contributed by atoms with van der Waals surface area (Å²) < 4.78 is 0. The van der Waals surface area contributed by atoms with Gasteiger partial charge in [-0.1, -0.05) is 28.8 Å². The third kappa shape index (κ3) is 4.76. The molecule has 0 aliphatic rings. The number of nitrogens with zero attached hydrogens (tertiary/aromatic N) is 3. The topological polar surface area (TPSA) is 77.9 Å². The highest BCUT2D eigenvalue weighted by Gasteiger charge is 2.07. The van der Waals surface area contributed by atoms with Crippen molar-refractivity contribution < 1.29 is 4.79 Å². The van der Waals surface area contributed by atoms with Crippen LogP contribution >= 0.6 is 11.6 Å². The Bertz CT molecular complexity index is 429. The molecule has 0 aliphatic carbocycles. The van der Waals surface area contributed by atoms with Gasteiger partial charge in [-0.2, -0.15) is 0 Å². The molecule has 0 heterocycles. The molecule has 0 aromatic heterocycles. The predicted octanol–water partition coefficient (Wildman–Crippen LogP) is 3.16. The molecule has 0 unspecified atom stereocenters. The lowest BCUT2D eigenvalue weighted by Crippen LogP contribution is -2.24. The minimum atomic E-state index is -0.181. The number of benzene rings is 1. The van der Waals surface area contributed by atoms with Gasteiger partial charge in [0.2, 0.25) is 0 Å². The molecule has 5 nitrogen and oxygen atoms in total. The van der Waals surface area contributed by atoms with E-state index < -0.39 is 0 Å². The van der Waals surface area contributed by atoms with Gasteiger partial charge >= 0.3 is 0 Å².